The number of hydrogen-bond donors (Lipinski definition) is 0. The zero-order chi connectivity index (χ0) is 16.1. The molecular weight excluding hydrogens is 286 g/mol. The third-order valence-corrected chi connectivity index (χ3v) is 4.74. The third kappa shape index (κ3) is 4.58. The van der Waals surface area contributed by atoms with Gasteiger partial charge in [0, 0.05) is 31.9 Å². The second-order valence-electron chi connectivity index (χ2n) is 6.66. The van der Waals surface area contributed by atoms with Gasteiger partial charge in [-0.3, -0.25) is 9.58 Å². The van der Waals surface area contributed by atoms with Crippen LogP contribution in [0.5, 0.6) is 5.75 Å². The Morgan fingerprint density at radius 1 is 1.30 bits per heavy atom. The zero-order valence-electron chi connectivity index (χ0n) is 14.2. The summed E-state index contributed by atoms with van der Waals surface area (Å²) in [6, 6.07) is 8.47. The summed E-state index contributed by atoms with van der Waals surface area (Å²) in [5.41, 5.74) is 2.70. The second kappa shape index (κ2) is 7.64. The van der Waals surface area contributed by atoms with E-state index in [0.717, 1.165) is 24.6 Å². The van der Waals surface area contributed by atoms with Crippen molar-refractivity contribution in [2.45, 2.75) is 32.2 Å². The van der Waals surface area contributed by atoms with Crippen molar-refractivity contribution in [1.82, 2.24) is 14.7 Å². The number of nitrogens with zero attached hydrogens (tertiary/aromatic N) is 3. The number of methoxy groups -OCH3 is 1. The summed E-state index contributed by atoms with van der Waals surface area (Å²) < 4.78 is 7.20. The van der Waals surface area contributed by atoms with E-state index in [4.69, 9.17) is 4.74 Å². The molecule has 1 atom stereocenters. The molecule has 0 bridgehead atoms. The average molecular weight is 313 g/mol. The summed E-state index contributed by atoms with van der Waals surface area (Å²) in [5, 5.41) is 4.27. The van der Waals surface area contributed by atoms with E-state index in [0.29, 0.717) is 0 Å². The summed E-state index contributed by atoms with van der Waals surface area (Å²) in [4.78, 5) is 2.58. The van der Waals surface area contributed by atoms with Crippen LogP contribution in [0.1, 0.15) is 30.4 Å². The Hall–Kier alpha value is -1.81. The van der Waals surface area contributed by atoms with Crippen LogP contribution in [-0.4, -0.2) is 34.9 Å². The lowest BCUT2D eigenvalue weighted by Crippen LogP contribution is -2.35. The molecule has 124 valence electrons. The first kappa shape index (κ1) is 16.1. The summed E-state index contributed by atoms with van der Waals surface area (Å²) in [6.45, 7) is 3.45. The number of hydrogen-bond acceptors (Lipinski definition) is 3. The molecule has 0 aliphatic carbocycles. The number of ether oxygens (including phenoxy) is 1. The molecule has 0 radical (unpaired) electrons. The van der Waals surface area contributed by atoms with Crippen LogP contribution in [-0.2, 0) is 20.0 Å². The molecule has 0 saturated carbocycles. The minimum Gasteiger partial charge on any atom is -0.497 e. The summed E-state index contributed by atoms with van der Waals surface area (Å²) in [6.07, 6.45) is 9.18. The van der Waals surface area contributed by atoms with Gasteiger partial charge in [-0.1, -0.05) is 12.1 Å². The normalized spacial score (nSPS) is 19.0. The molecule has 0 spiro atoms. The summed E-state index contributed by atoms with van der Waals surface area (Å²) >= 11 is 0. The Bertz CT molecular complexity index is 623. The van der Waals surface area contributed by atoms with Crippen LogP contribution in [0.4, 0.5) is 0 Å². The fourth-order valence-corrected chi connectivity index (χ4v) is 3.54. The van der Waals surface area contributed by atoms with Crippen molar-refractivity contribution in [2.24, 2.45) is 13.0 Å². The van der Waals surface area contributed by atoms with E-state index in [1.54, 1.807) is 7.11 Å². The van der Waals surface area contributed by atoms with Crippen LogP contribution in [0, 0.1) is 5.92 Å². The molecule has 1 aliphatic heterocycles. The summed E-state index contributed by atoms with van der Waals surface area (Å²) in [7, 11) is 3.72. The van der Waals surface area contributed by atoms with E-state index < -0.39 is 0 Å². The second-order valence-corrected chi connectivity index (χ2v) is 6.66. The summed E-state index contributed by atoms with van der Waals surface area (Å²) in [5.74, 6) is 1.76. The van der Waals surface area contributed by atoms with Crippen LogP contribution < -0.4 is 4.74 Å². The number of benzene rings is 1. The van der Waals surface area contributed by atoms with Gasteiger partial charge in [-0.05, 0) is 55.8 Å². The molecule has 23 heavy (non-hydrogen) atoms. The Balaban J connectivity index is 1.50. The Morgan fingerprint density at radius 2 is 2.22 bits per heavy atom. The van der Waals surface area contributed by atoms with Crippen molar-refractivity contribution in [3.05, 3.63) is 47.8 Å². The first-order chi connectivity index (χ1) is 11.2. The lowest BCUT2D eigenvalue weighted by molar-refractivity contribution is 0.162. The van der Waals surface area contributed by atoms with Gasteiger partial charge in [0.15, 0.2) is 0 Å². The van der Waals surface area contributed by atoms with Crippen molar-refractivity contribution in [2.75, 3.05) is 20.2 Å². The number of likely N-dealkylation sites (tertiary alicyclic amines) is 1. The highest BCUT2D eigenvalue weighted by Gasteiger charge is 2.20. The number of aromatic nitrogens is 2. The highest BCUT2D eigenvalue weighted by molar-refractivity contribution is 5.28. The number of aryl methyl sites for hydroxylation is 2. The molecular formula is C19H27N3O. The van der Waals surface area contributed by atoms with E-state index in [-0.39, 0.29) is 0 Å². The molecule has 0 amide bonds. The van der Waals surface area contributed by atoms with Crippen LogP contribution in [0.15, 0.2) is 36.7 Å². The maximum Gasteiger partial charge on any atom is 0.119 e. The molecule has 1 aliphatic rings. The maximum atomic E-state index is 5.32. The predicted molar refractivity (Wildman–Crippen MR) is 92.5 cm³/mol. The lowest BCUT2D eigenvalue weighted by atomic mass is 9.91. The van der Waals surface area contributed by atoms with Crippen molar-refractivity contribution in [3.63, 3.8) is 0 Å². The van der Waals surface area contributed by atoms with E-state index in [1.165, 1.54) is 43.5 Å². The largest absolute Gasteiger partial charge is 0.497 e. The minimum absolute atomic E-state index is 0.798. The van der Waals surface area contributed by atoms with Gasteiger partial charge in [-0.15, -0.1) is 0 Å². The predicted octanol–water partition coefficient (Wildman–Crippen LogP) is 3.27. The maximum absolute atomic E-state index is 5.32. The van der Waals surface area contributed by atoms with Gasteiger partial charge in [-0.25, -0.2) is 0 Å². The first-order valence-electron chi connectivity index (χ1n) is 8.56. The van der Waals surface area contributed by atoms with Crippen molar-refractivity contribution < 1.29 is 4.74 Å². The minimum atomic E-state index is 0.798. The topological polar surface area (TPSA) is 30.3 Å². The van der Waals surface area contributed by atoms with Crippen LogP contribution in [0.25, 0.3) is 0 Å². The average Bonchev–Trinajstić information content (AvgIpc) is 2.98. The molecule has 2 heterocycles. The van der Waals surface area contributed by atoms with E-state index in [2.05, 4.69) is 34.4 Å². The van der Waals surface area contributed by atoms with E-state index in [9.17, 15) is 0 Å². The molecule has 1 unspecified atom stereocenters. The lowest BCUT2D eigenvalue weighted by Gasteiger charge is -2.32. The fourth-order valence-electron chi connectivity index (χ4n) is 3.54. The SMILES string of the molecule is COc1cccc(CCC2CCCN(Cc3cnn(C)c3)C2)c1. The van der Waals surface area contributed by atoms with Crippen molar-refractivity contribution >= 4 is 0 Å². The molecule has 1 aromatic carbocycles. The molecule has 4 nitrogen and oxygen atoms in total. The zero-order valence-corrected chi connectivity index (χ0v) is 14.2. The smallest absolute Gasteiger partial charge is 0.119 e. The van der Waals surface area contributed by atoms with Gasteiger partial charge in [0.25, 0.3) is 0 Å². The van der Waals surface area contributed by atoms with Crippen molar-refractivity contribution in [3.8, 4) is 5.75 Å². The first-order valence-corrected chi connectivity index (χ1v) is 8.56. The Kier molecular flexibility index (Phi) is 5.34. The van der Waals surface area contributed by atoms with E-state index >= 15 is 0 Å². The van der Waals surface area contributed by atoms with E-state index in [1.807, 2.05) is 24.0 Å². The van der Waals surface area contributed by atoms with Gasteiger partial charge in [0.2, 0.25) is 0 Å². The van der Waals surface area contributed by atoms with Gasteiger partial charge >= 0.3 is 0 Å². The molecule has 3 rings (SSSR count). The Labute approximate surface area is 139 Å². The van der Waals surface area contributed by atoms with Crippen LogP contribution in [0.3, 0.4) is 0 Å². The highest BCUT2D eigenvalue weighted by Crippen LogP contribution is 2.23. The highest BCUT2D eigenvalue weighted by atomic mass is 16.5. The molecule has 4 heteroatoms. The fraction of sp³-hybridized carbons (Fsp3) is 0.526. The quantitative estimate of drug-likeness (QED) is 0.820. The van der Waals surface area contributed by atoms with Crippen LogP contribution >= 0.6 is 0 Å². The molecule has 1 saturated heterocycles. The van der Waals surface area contributed by atoms with Crippen LogP contribution in [0.2, 0.25) is 0 Å². The van der Waals surface area contributed by atoms with Gasteiger partial charge in [0.05, 0.1) is 13.3 Å². The van der Waals surface area contributed by atoms with Gasteiger partial charge in [0.1, 0.15) is 5.75 Å². The monoisotopic (exact) mass is 313 g/mol. The van der Waals surface area contributed by atoms with Gasteiger partial charge < -0.3 is 4.74 Å². The molecule has 0 N–H and O–H groups in total. The third-order valence-electron chi connectivity index (χ3n) is 4.74. The number of rotatable bonds is 6. The number of piperidine rings is 1. The standard InChI is InChI=1S/C19H27N3O/c1-21-13-18(12-20-21)15-22-10-4-6-17(14-22)9-8-16-5-3-7-19(11-16)23-2/h3,5,7,11-13,17H,4,6,8-10,14-15H2,1-2H3. The molecule has 1 fully saturated rings. The van der Waals surface area contributed by atoms with Gasteiger partial charge in [-0.2, -0.15) is 5.10 Å². The molecule has 1 aromatic heterocycles. The molecule has 2 aromatic rings. The Morgan fingerprint density at radius 3 is 3.00 bits per heavy atom. The van der Waals surface area contributed by atoms with Crippen molar-refractivity contribution in [1.29, 1.82) is 0 Å².